The summed E-state index contributed by atoms with van der Waals surface area (Å²) in [5.74, 6) is -2.34. The van der Waals surface area contributed by atoms with Crippen LogP contribution in [0.4, 0.5) is 10.1 Å². The van der Waals surface area contributed by atoms with Crippen LogP contribution in [0.25, 0.3) is 0 Å². The highest BCUT2D eigenvalue weighted by Crippen LogP contribution is 2.57. The molecule has 6 atom stereocenters. The summed E-state index contributed by atoms with van der Waals surface area (Å²) in [4.78, 5) is 28.3. The lowest BCUT2D eigenvalue weighted by molar-refractivity contribution is -0.124. The fraction of sp³-hybridized carbons (Fsp3) is 0.517. The molecule has 0 aromatic heterocycles. The van der Waals surface area contributed by atoms with Crippen LogP contribution in [0, 0.1) is 11.2 Å². The van der Waals surface area contributed by atoms with Gasteiger partial charge in [0.05, 0.1) is 17.3 Å². The molecule has 1 saturated carbocycles. The van der Waals surface area contributed by atoms with E-state index in [1.54, 1.807) is 30.3 Å². The van der Waals surface area contributed by atoms with Crippen molar-refractivity contribution in [2.45, 2.75) is 82.0 Å². The van der Waals surface area contributed by atoms with Crippen LogP contribution in [0.3, 0.4) is 0 Å². The van der Waals surface area contributed by atoms with Crippen molar-refractivity contribution < 1.29 is 22.4 Å². The number of nitrogens with one attached hydrogen (secondary N) is 4. The van der Waals surface area contributed by atoms with Crippen LogP contribution in [0.5, 0.6) is 0 Å². The molecular weight excluding hydrogens is 590 g/mol. The van der Waals surface area contributed by atoms with Crippen molar-refractivity contribution >= 4 is 50.7 Å². The van der Waals surface area contributed by atoms with E-state index in [2.05, 4.69) is 20.7 Å². The van der Waals surface area contributed by atoms with Crippen molar-refractivity contribution in [2.75, 3.05) is 11.6 Å². The lowest BCUT2D eigenvalue weighted by Crippen LogP contribution is -2.49. The predicted octanol–water partition coefficient (Wildman–Crippen LogP) is 4.47. The molecule has 2 aromatic rings. The maximum Gasteiger partial charge on any atom is 0.238 e. The summed E-state index contributed by atoms with van der Waals surface area (Å²) >= 11 is 12.5. The number of fused-ring (bicyclic) bond motifs is 2. The molecule has 3 aliphatic rings. The first kappa shape index (κ1) is 30.2. The number of carbonyl (C=O) groups excluding carboxylic acids is 2. The summed E-state index contributed by atoms with van der Waals surface area (Å²) in [6.45, 7) is 6.15. The lowest BCUT2D eigenvalue weighted by Gasteiger charge is -2.37. The molecule has 2 heterocycles. The van der Waals surface area contributed by atoms with E-state index in [0.717, 1.165) is 6.26 Å². The van der Waals surface area contributed by atoms with E-state index in [1.807, 2.05) is 20.8 Å². The number of benzene rings is 2. The minimum absolute atomic E-state index is 0.101. The summed E-state index contributed by atoms with van der Waals surface area (Å²) in [5, 5.41) is 9.83. The van der Waals surface area contributed by atoms with Crippen LogP contribution in [0.2, 0.25) is 10.0 Å². The Hall–Kier alpha value is -2.24. The SMILES string of the molecule is CC(C)(C)C[C@H]1N[C@@H](C(=O)N[C@H]2CC[C@@H](NS(C)(=O)=O)C2)[C@H](c2cccc(Cl)c2F)[C@@]12C(=O)Nc1cc(Cl)ccc12. The Morgan fingerprint density at radius 1 is 1.15 bits per heavy atom. The molecule has 2 amide bonds. The molecule has 1 aliphatic carbocycles. The quantitative estimate of drug-likeness (QED) is 0.378. The van der Waals surface area contributed by atoms with Gasteiger partial charge in [0.1, 0.15) is 11.2 Å². The van der Waals surface area contributed by atoms with Crippen LogP contribution < -0.4 is 20.7 Å². The molecule has 2 aromatic carbocycles. The van der Waals surface area contributed by atoms with Crippen molar-refractivity contribution in [3.05, 3.63) is 63.4 Å². The molecule has 222 valence electrons. The highest BCUT2D eigenvalue weighted by Gasteiger charge is 2.66. The first-order valence-corrected chi connectivity index (χ1v) is 16.3. The molecular formula is C29H35Cl2FN4O4S. The van der Waals surface area contributed by atoms with Gasteiger partial charge in [-0.2, -0.15) is 0 Å². The summed E-state index contributed by atoms with van der Waals surface area (Å²) in [6, 6.07) is 7.70. The summed E-state index contributed by atoms with van der Waals surface area (Å²) < 4.78 is 41.9. The van der Waals surface area contributed by atoms with Crippen LogP contribution in [-0.2, 0) is 25.0 Å². The molecule has 12 heteroatoms. The Balaban J connectivity index is 1.60. The maximum atomic E-state index is 15.9. The number of rotatable bonds is 6. The van der Waals surface area contributed by atoms with Gasteiger partial charge in [0.25, 0.3) is 0 Å². The smallest absolute Gasteiger partial charge is 0.238 e. The second-order valence-corrected chi connectivity index (χ2v) is 15.3. The van der Waals surface area contributed by atoms with E-state index in [1.165, 1.54) is 6.07 Å². The normalized spacial score (nSPS) is 29.5. The second kappa shape index (κ2) is 10.8. The standard InChI is InChI=1S/C29H35Cl2FN4O4S/c1-28(2,3)14-22-29(19-11-8-15(30)12-21(19)34-27(29)38)23(18-6-5-7-20(31)24(18)32)25(35-22)26(37)33-16-9-10-17(13-16)36-41(4,39)40/h5-8,11-12,16-17,22-23,25,35-36H,9-10,13-14H2,1-4H3,(H,33,37)(H,34,38)/t16-,17+,22+,23-,25+,29-/m0/s1. The number of carbonyl (C=O) groups is 2. The first-order chi connectivity index (χ1) is 19.1. The average Bonchev–Trinajstić information content (AvgIpc) is 3.49. The monoisotopic (exact) mass is 624 g/mol. The largest absolute Gasteiger partial charge is 0.352 e. The number of halogens is 3. The zero-order chi connectivity index (χ0) is 29.9. The average molecular weight is 626 g/mol. The highest BCUT2D eigenvalue weighted by atomic mass is 35.5. The van der Waals surface area contributed by atoms with Crippen molar-refractivity contribution in [1.82, 2.24) is 15.4 Å². The van der Waals surface area contributed by atoms with Gasteiger partial charge in [-0.3, -0.25) is 9.59 Å². The van der Waals surface area contributed by atoms with E-state index < -0.39 is 39.3 Å². The van der Waals surface area contributed by atoms with Gasteiger partial charge < -0.3 is 16.0 Å². The summed E-state index contributed by atoms with van der Waals surface area (Å²) in [6.07, 6.45) is 3.21. The van der Waals surface area contributed by atoms with Crippen molar-refractivity contribution in [3.8, 4) is 0 Å². The fourth-order valence-electron chi connectivity index (χ4n) is 6.97. The number of amides is 2. The Bertz CT molecular complexity index is 1500. The topological polar surface area (TPSA) is 116 Å². The predicted molar refractivity (Wildman–Crippen MR) is 158 cm³/mol. The molecule has 0 unspecified atom stereocenters. The Labute approximate surface area is 250 Å². The molecule has 8 nitrogen and oxygen atoms in total. The number of anilines is 1. The van der Waals surface area contributed by atoms with Crippen LogP contribution in [0.15, 0.2) is 36.4 Å². The van der Waals surface area contributed by atoms with E-state index in [-0.39, 0.29) is 39.9 Å². The molecule has 5 rings (SSSR count). The van der Waals surface area contributed by atoms with Gasteiger partial charge >= 0.3 is 0 Å². The van der Waals surface area contributed by atoms with Crippen molar-refractivity contribution in [3.63, 3.8) is 0 Å². The van der Waals surface area contributed by atoms with Crippen LogP contribution >= 0.6 is 23.2 Å². The van der Waals surface area contributed by atoms with Gasteiger partial charge in [-0.05, 0) is 60.4 Å². The zero-order valence-corrected chi connectivity index (χ0v) is 25.7. The Morgan fingerprint density at radius 2 is 1.85 bits per heavy atom. The van der Waals surface area contributed by atoms with E-state index in [9.17, 15) is 18.0 Å². The van der Waals surface area contributed by atoms with Crippen LogP contribution in [-0.4, -0.2) is 50.7 Å². The third-order valence-corrected chi connectivity index (χ3v) is 9.67. The van der Waals surface area contributed by atoms with Gasteiger partial charge in [-0.1, -0.05) is 62.2 Å². The van der Waals surface area contributed by atoms with Gasteiger partial charge in [0.2, 0.25) is 21.8 Å². The molecule has 1 spiro atoms. The van der Waals surface area contributed by atoms with Gasteiger partial charge in [-0.25, -0.2) is 17.5 Å². The zero-order valence-electron chi connectivity index (χ0n) is 23.4. The molecule has 4 N–H and O–H groups in total. The third kappa shape index (κ3) is 5.73. The highest BCUT2D eigenvalue weighted by molar-refractivity contribution is 7.88. The minimum Gasteiger partial charge on any atom is -0.352 e. The van der Waals surface area contributed by atoms with E-state index in [4.69, 9.17) is 23.2 Å². The molecule has 1 saturated heterocycles. The van der Waals surface area contributed by atoms with Crippen LogP contribution in [0.1, 0.15) is 63.5 Å². The molecule has 2 aliphatic heterocycles. The lowest BCUT2D eigenvalue weighted by atomic mass is 9.62. The Morgan fingerprint density at radius 3 is 2.54 bits per heavy atom. The molecule has 0 bridgehead atoms. The fourth-order valence-corrected chi connectivity index (χ4v) is 8.14. The van der Waals surface area contributed by atoms with Gasteiger partial charge in [0, 0.05) is 34.8 Å². The van der Waals surface area contributed by atoms with Gasteiger partial charge in [-0.15, -0.1) is 0 Å². The number of hydrogen-bond acceptors (Lipinski definition) is 5. The maximum absolute atomic E-state index is 15.9. The molecule has 2 fully saturated rings. The van der Waals surface area contributed by atoms with E-state index >= 15 is 4.39 Å². The third-order valence-electron chi connectivity index (χ3n) is 8.38. The molecule has 0 radical (unpaired) electrons. The van der Waals surface area contributed by atoms with Crippen molar-refractivity contribution in [2.24, 2.45) is 5.41 Å². The Kier molecular flexibility index (Phi) is 7.96. The number of sulfonamides is 1. The van der Waals surface area contributed by atoms with Crippen molar-refractivity contribution in [1.29, 1.82) is 0 Å². The first-order valence-electron chi connectivity index (χ1n) is 13.7. The summed E-state index contributed by atoms with van der Waals surface area (Å²) in [5.41, 5.74) is -0.244. The second-order valence-electron chi connectivity index (χ2n) is 12.7. The number of hydrogen-bond donors (Lipinski definition) is 4. The summed E-state index contributed by atoms with van der Waals surface area (Å²) in [7, 11) is -3.39. The van der Waals surface area contributed by atoms with E-state index in [0.29, 0.717) is 42.0 Å². The van der Waals surface area contributed by atoms with Gasteiger partial charge in [0.15, 0.2) is 0 Å². The minimum atomic E-state index is -3.39. The molecule has 41 heavy (non-hydrogen) atoms.